The maximum Gasteiger partial charge on any atom is 0.0695 e. The molecule has 0 radical (unpaired) electrons. The van der Waals surface area contributed by atoms with Crippen LogP contribution in [0.4, 0.5) is 0 Å². The highest BCUT2D eigenvalue weighted by molar-refractivity contribution is 4.86. The van der Waals surface area contributed by atoms with Crippen molar-refractivity contribution in [2.45, 2.75) is 57.2 Å². The summed E-state index contributed by atoms with van der Waals surface area (Å²) in [5.74, 6) is 0. The molecule has 0 bridgehead atoms. The minimum Gasteiger partial charge on any atom is -0.391 e. The molecule has 1 heterocycles. The van der Waals surface area contributed by atoms with E-state index < -0.39 is 0 Å². The van der Waals surface area contributed by atoms with Gasteiger partial charge in [-0.05, 0) is 19.8 Å². The predicted molar refractivity (Wildman–Crippen MR) is 61.9 cm³/mol. The molecule has 1 saturated carbocycles. The van der Waals surface area contributed by atoms with Crippen LogP contribution < -0.4 is 5.32 Å². The molecule has 1 aliphatic carbocycles. The summed E-state index contributed by atoms with van der Waals surface area (Å²) in [4.78, 5) is 2.50. The molecular formula is C12H24N2O. The molecule has 15 heavy (non-hydrogen) atoms. The van der Waals surface area contributed by atoms with Crippen molar-refractivity contribution in [3.05, 3.63) is 0 Å². The van der Waals surface area contributed by atoms with Gasteiger partial charge in [0.15, 0.2) is 0 Å². The van der Waals surface area contributed by atoms with Crippen molar-refractivity contribution in [1.82, 2.24) is 10.2 Å². The van der Waals surface area contributed by atoms with Crippen molar-refractivity contribution in [2.24, 2.45) is 0 Å². The van der Waals surface area contributed by atoms with E-state index in [1.54, 1.807) is 0 Å². The molecule has 0 spiro atoms. The minimum absolute atomic E-state index is 0.0854. The monoisotopic (exact) mass is 212 g/mol. The normalized spacial score (nSPS) is 40.0. The zero-order valence-corrected chi connectivity index (χ0v) is 9.78. The Hall–Kier alpha value is -0.120. The van der Waals surface area contributed by atoms with Crippen molar-refractivity contribution in [3.8, 4) is 0 Å². The van der Waals surface area contributed by atoms with Crippen LogP contribution in [0.3, 0.4) is 0 Å². The van der Waals surface area contributed by atoms with E-state index in [9.17, 15) is 5.11 Å². The van der Waals surface area contributed by atoms with Gasteiger partial charge in [0.1, 0.15) is 0 Å². The summed E-state index contributed by atoms with van der Waals surface area (Å²) in [5, 5.41) is 13.6. The lowest BCUT2D eigenvalue weighted by molar-refractivity contribution is 0.0302. The highest BCUT2D eigenvalue weighted by Gasteiger charge is 2.29. The molecule has 3 atom stereocenters. The van der Waals surface area contributed by atoms with E-state index >= 15 is 0 Å². The van der Waals surface area contributed by atoms with E-state index in [4.69, 9.17) is 0 Å². The number of rotatable bonds is 1. The molecule has 0 amide bonds. The number of piperazine rings is 1. The van der Waals surface area contributed by atoms with Gasteiger partial charge in [0.2, 0.25) is 0 Å². The molecule has 2 fully saturated rings. The fourth-order valence-electron chi connectivity index (χ4n) is 2.96. The quantitative estimate of drug-likeness (QED) is 0.636. The number of aliphatic hydroxyl groups is 1. The average molecular weight is 212 g/mol. The van der Waals surface area contributed by atoms with Gasteiger partial charge in [-0.3, -0.25) is 4.90 Å². The predicted octanol–water partition coefficient (Wildman–Crippen LogP) is 0.974. The van der Waals surface area contributed by atoms with Gasteiger partial charge in [-0.1, -0.05) is 19.3 Å². The molecule has 2 N–H and O–H groups in total. The van der Waals surface area contributed by atoms with E-state index in [1.165, 1.54) is 25.7 Å². The second-order valence-corrected chi connectivity index (χ2v) is 5.12. The van der Waals surface area contributed by atoms with Gasteiger partial charge in [-0.2, -0.15) is 0 Å². The molecule has 3 heteroatoms. The largest absolute Gasteiger partial charge is 0.391 e. The van der Waals surface area contributed by atoms with Crippen LogP contribution in [0, 0.1) is 0 Å². The Balaban J connectivity index is 1.94. The fourth-order valence-corrected chi connectivity index (χ4v) is 2.96. The van der Waals surface area contributed by atoms with Gasteiger partial charge in [0.05, 0.1) is 6.10 Å². The first-order valence-electron chi connectivity index (χ1n) is 6.43. The Labute approximate surface area is 92.8 Å². The smallest absolute Gasteiger partial charge is 0.0695 e. The number of aliphatic hydroxyl groups excluding tert-OH is 1. The van der Waals surface area contributed by atoms with Crippen LogP contribution in [-0.4, -0.2) is 47.8 Å². The Kier molecular flexibility index (Phi) is 4.00. The van der Waals surface area contributed by atoms with Crippen LogP contribution in [-0.2, 0) is 0 Å². The van der Waals surface area contributed by atoms with Crippen LogP contribution in [0.1, 0.15) is 39.0 Å². The lowest BCUT2D eigenvalue weighted by atomic mass is 10.0. The van der Waals surface area contributed by atoms with Crippen LogP contribution in [0.2, 0.25) is 0 Å². The summed E-state index contributed by atoms with van der Waals surface area (Å²) < 4.78 is 0. The molecule has 1 saturated heterocycles. The number of hydrogen-bond acceptors (Lipinski definition) is 3. The van der Waals surface area contributed by atoms with E-state index in [0.29, 0.717) is 12.1 Å². The van der Waals surface area contributed by atoms with Crippen LogP contribution in [0.5, 0.6) is 0 Å². The van der Waals surface area contributed by atoms with Crippen LogP contribution >= 0.6 is 0 Å². The molecule has 1 aliphatic heterocycles. The maximum absolute atomic E-state index is 10.1. The molecule has 2 unspecified atom stereocenters. The van der Waals surface area contributed by atoms with E-state index in [0.717, 1.165) is 26.1 Å². The molecule has 2 aliphatic rings. The van der Waals surface area contributed by atoms with Gasteiger partial charge >= 0.3 is 0 Å². The van der Waals surface area contributed by atoms with Crippen molar-refractivity contribution >= 4 is 0 Å². The first-order valence-corrected chi connectivity index (χ1v) is 6.43. The summed E-state index contributed by atoms with van der Waals surface area (Å²) >= 11 is 0. The lowest BCUT2D eigenvalue weighted by Gasteiger charge is -2.39. The number of hydrogen-bond donors (Lipinski definition) is 2. The van der Waals surface area contributed by atoms with Gasteiger partial charge < -0.3 is 10.4 Å². The summed E-state index contributed by atoms with van der Waals surface area (Å²) in [5.41, 5.74) is 0. The first kappa shape index (κ1) is 11.4. The standard InChI is InChI=1S/C12H24N2O/c1-10-9-14(8-7-13-10)11-5-3-2-4-6-12(11)15/h10-13,15H,2-9H2,1H3/t10-,11?,12?/m1/s1. The van der Waals surface area contributed by atoms with E-state index in [2.05, 4.69) is 17.1 Å². The third-order valence-corrected chi connectivity index (χ3v) is 3.81. The fraction of sp³-hybridized carbons (Fsp3) is 1.00. The Morgan fingerprint density at radius 2 is 2.00 bits per heavy atom. The Morgan fingerprint density at radius 1 is 1.20 bits per heavy atom. The molecule has 0 aromatic carbocycles. The SMILES string of the molecule is C[C@@H]1CN(C2CCCCCC2O)CCN1. The Bertz CT molecular complexity index is 198. The number of nitrogens with zero attached hydrogens (tertiary/aromatic N) is 1. The van der Waals surface area contributed by atoms with Crippen molar-refractivity contribution in [2.75, 3.05) is 19.6 Å². The molecule has 3 nitrogen and oxygen atoms in total. The summed E-state index contributed by atoms with van der Waals surface area (Å²) in [7, 11) is 0. The summed E-state index contributed by atoms with van der Waals surface area (Å²) in [6.07, 6.45) is 5.91. The van der Waals surface area contributed by atoms with Gasteiger partial charge in [0, 0.05) is 31.7 Å². The second kappa shape index (κ2) is 5.28. The topological polar surface area (TPSA) is 35.5 Å². The van der Waals surface area contributed by atoms with Crippen molar-refractivity contribution < 1.29 is 5.11 Å². The maximum atomic E-state index is 10.1. The second-order valence-electron chi connectivity index (χ2n) is 5.12. The zero-order valence-electron chi connectivity index (χ0n) is 9.78. The van der Waals surface area contributed by atoms with Gasteiger partial charge in [0.25, 0.3) is 0 Å². The van der Waals surface area contributed by atoms with Crippen LogP contribution in [0.15, 0.2) is 0 Å². The highest BCUT2D eigenvalue weighted by Crippen LogP contribution is 2.23. The molecule has 2 rings (SSSR count). The first-order chi connectivity index (χ1) is 7.27. The average Bonchev–Trinajstić information content (AvgIpc) is 2.43. The van der Waals surface area contributed by atoms with Crippen molar-refractivity contribution in [3.63, 3.8) is 0 Å². The third kappa shape index (κ3) is 2.92. The Morgan fingerprint density at radius 3 is 2.80 bits per heavy atom. The minimum atomic E-state index is -0.0854. The zero-order chi connectivity index (χ0) is 10.7. The summed E-state index contributed by atoms with van der Waals surface area (Å²) in [6, 6.07) is 1.01. The van der Waals surface area contributed by atoms with Crippen LogP contribution in [0.25, 0.3) is 0 Å². The molecule has 0 aromatic heterocycles. The number of nitrogens with one attached hydrogen (secondary N) is 1. The molecular weight excluding hydrogens is 188 g/mol. The highest BCUT2D eigenvalue weighted by atomic mass is 16.3. The summed E-state index contributed by atoms with van der Waals surface area (Å²) in [6.45, 7) is 5.51. The lowest BCUT2D eigenvalue weighted by Crippen LogP contribution is -2.55. The van der Waals surface area contributed by atoms with Gasteiger partial charge in [-0.15, -0.1) is 0 Å². The van der Waals surface area contributed by atoms with Crippen molar-refractivity contribution in [1.29, 1.82) is 0 Å². The third-order valence-electron chi connectivity index (χ3n) is 3.81. The van der Waals surface area contributed by atoms with E-state index in [-0.39, 0.29) is 6.10 Å². The van der Waals surface area contributed by atoms with Gasteiger partial charge in [-0.25, -0.2) is 0 Å². The van der Waals surface area contributed by atoms with E-state index in [1.807, 2.05) is 0 Å². The molecule has 88 valence electrons. The molecule has 0 aromatic rings.